The molecule has 0 saturated heterocycles. The fourth-order valence-corrected chi connectivity index (χ4v) is 4.48. The molecule has 0 radical (unpaired) electrons. The van der Waals surface area contributed by atoms with Crippen LogP contribution in [0.1, 0.15) is 61.5 Å². The number of hydrogen-bond donors (Lipinski definition) is 0. The predicted molar refractivity (Wildman–Crippen MR) is 90.4 cm³/mol. The summed E-state index contributed by atoms with van der Waals surface area (Å²) < 4.78 is 5.98. The van der Waals surface area contributed by atoms with Crippen LogP contribution in [-0.4, -0.2) is 41.6 Å². The molecule has 1 heterocycles. The van der Waals surface area contributed by atoms with Crippen molar-refractivity contribution < 1.29 is 9.53 Å². The Morgan fingerprint density at radius 2 is 2.17 bits per heavy atom. The van der Waals surface area contributed by atoms with Crippen LogP contribution >= 0.6 is 0 Å². The summed E-state index contributed by atoms with van der Waals surface area (Å²) in [5.41, 5.74) is 0.992. The minimum absolute atomic E-state index is 0.0654. The van der Waals surface area contributed by atoms with Gasteiger partial charge in [-0.05, 0) is 38.3 Å². The summed E-state index contributed by atoms with van der Waals surface area (Å²) in [5.74, 6) is -0.0654. The number of hydrogen-bond acceptors (Lipinski definition) is 4. The van der Waals surface area contributed by atoms with Gasteiger partial charge in [-0.25, -0.2) is 4.98 Å². The number of nitriles is 1. The molecule has 2 atom stereocenters. The van der Waals surface area contributed by atoms with Crippen LogP contribution in [0.15, 0.2) is 18.3 Å². The van der Waals surface area contributed by atoms with Gasteiger partial charge in [0.05, 0.1) is 11.7 Å². The van der Waals surface area contributed by atoms with Crippen molar-refractivity contribution in [2.24, 2.45) is 5.41 Å². The van der Waals surface area contributed by atoms with Crippen LogP contribution < -0.4 is 0 Å². The van der Waals surface area contributed by atoms with Crippen LogP contribution in [0.4, 0.5) is 0 Å². The number of carbonyl (C=O) groups is 1. The van der Waals surface area contributed by atoms with Crippen molar-refractivity contribution in [1.29, 1.82) is 5.26 Å². The number of pyridine rings is 1. The number of amides is 1. The molecule has 24 heavy (non-hydrogen) atoms. The Kier molecular flexibility index (Phi) is 4.86. The maximum Gasteiger partial charge on any atom is 0.272 e. The molecule has 0 aliphatic heterocycles. The van der Waals surface area contributed by atoms with E-state index in [4.69, 9.17) is 10.00 Å². The lowest BCUT2D eigenvalue weighted by atomic mass is 9.54. The third-order valence-electron chi connectivity index (χ3n) is 5.79. The van der Waals surface area contributed by atoms with Crippen molar-refractivity contribution in [3.63, 3.8) is 0 Å². The molecule has 5 nitrogen and oxygen atoms in total. The highest BCUT2D eigenvalue weighted by Crippen LogP contribution is 2.55. The summed E-state index contributed by atoms with van der Waals surface area (Å²) in [6.45, 7) is 2.77. The lowest BCUT2D eigenvalue weighted by Crippen LogP contribution is -2.65. The first kappa shape index (κ1) is 16.9. The number of nitrogens with zero attached hydrogens (tertiary/aromatic N) is 3. The molecular weight excluding hydrogens is 302 g/mol. The van der Waals surface area contributed by atoms with Crippen molar-refractivity contribution in [2.45, 2.75) is 57.6 Å². The van der Waals surface area contributed by atoms with Crippen molar-refractivity contribution in [3.8, 4) is 6.07 Å². The van der Waals surface area contributed by atoms with Gasteiger partial charge >= 0.3 is 0 Å². The second-order valence-electron chi connectivity index (χ2n) is 6.95. The Balaban J connectivity index is 1.76. The number of aromatic nitrogens is 1. The van der Waals surface area contributed by atoms with Gasteiger partial charge in [0.2, 0.25) is 0 Å². The molecule has 1 spiro atoms. The Bertz CT molecular complexity index is 629. The average Bonchev–Trinajstić information content (AvgIpc) is 2.64. The fourth-order valence-electron chi connectivity index (χ4n) is 4.48. The average molecular weight is 327 g/mol. The van der Waals surface area contributed by atoms with Crippen molar-refractivity contribution in [3.05, 3.63) is 29.6 Å². The van der Waals surface area contributed by atoms with Gasteiger partial charge < -0.3 is 9.64 Å². The quantitative estimate of drug-likeness (QED) is 0.852. The van der Waals surface area contributed by atoms with E-state index >= 15 is 0 Å². The second-order valence-corrected chi connectivity index (χ2v) is 6.95. The van der Waals surface area contributed by atoms with Crippen LogP contribution in [0.3, 0.4) is 0 Å². The highest BCUT2D eigenvalue weighted by Gasteiger charge is 2.57. The van der Waals surface area contributed by atoms with E-state index in [1.54, 1.807) is 12.1 Å². The second kappa shape index (κ2) is 6.90. The summed E-state index contributed by atoms with van der Waals surface area (Å²) in [7, 11) is 1.88. The Labute approximate surface area is 143 Å². The van der Waals surface area contributed by atoms with E-state index in [1.807, 2.05) is 24.9 Å². The molecule has 2 saturated carbocycles. The molecule has 1 aromatic rings. The highest BCUT2D eigenvalue weighted by atomic mass is 16.5. The molecule has 0 bridgehead atoms. The van der Waals surface area contributed by atoms with Crippen LogP contribution in [0.5, 0.6) is 0 Å². The van der Waals surface area contributed by atoms with Crippen LogP contribution in [0.25, 0.3) is 0 Å². The first-order valence-corrected chi connectivity index (χ1v) is 8.87. The maximum atomic E-state index is 12.8. The van der Waals surface area contributed by atoms with E-state index in [-0.39, 0.29) is 23.5 Å². The maximum absolute atomic E-state index is 12.8. The monoisotopic (exact) mass is 327 g/mol. The molecule has 3 rings (SSSR count). The molecule has 2 aliphatic rings. The third kappa shape index (κ3) is 2.80. The zero-order chi connectivity index (χ0) is 17.2. The zero-order valence-corrected chi connectivity index (χ0v) is 14.5. The Morgan fingerprint density at radius 3 is 2.75 bits per heavy atom. The Hall–Kier alpha value is -1.93. The lowest BCUT2D eigenvalue weighted by molar-refractivity contribution is -0.170. The summed E-state index contributed by atoms with van der Waals surface area (Å²) >= 11 is 0. The summed E-state index contributed by atoms with van der Waals surface area (Å²) in [6.07, 6.45) is 8.64. The lowest BCUT2D eigenvalue weighted by Gasteiger charge is -2.60. The van der Waals surface area contributed by atoms with E-state index in [0.717, 1.165) is 25.9 Å². The van der Waals surface area contributed by atoms with Gasteiger partial charge in [-0.1, -0.05) is 19.3 Å². The van der Waals surface area contributed by atoms with Crippen molar-refractivity contribution >= 4 is 5.91 Å². The predicted octanol–water partition coefficient (Wildman–Crippen LogP) is 3.15. The highest BCUT2D eigenvalue weighted by molar-refractivity contribution is 5.92. The first-order valence-electron chi connectivity index (χ1n) is 8.87. The van der Waals surface area contributed by atoms with E-state index in [1.165, 1.54) is 25.5 Å². The molecule has 0 aromatic carbocycles. The normalized spacial score (nSPS) is 24.9. The standard InChI is InChI=1S/C19H25N3O2/c1-3-24-17-11-16(19(17)9-5-4-6-10-19)22(2)18(23)15-8-7-14(12-20)13-21-15/h7-8,13,16-17H,3-6,9-11H2,1-2H3/t16-,17-/m0/s1. The number of ether oxygens (including phenoxy) is 1. The minimum atomic E-state index is -0.0654. The zero-order valence-electron chi connectivity index (χ0n) is 14.5. The Morgan fingerprint density at radius 1 is 1.42 bits per heavy atom. The van der Waals surface area contributed by atoms with Gasteiger partial charge in [0.1, 0.15) is 11.8 Å². The van der Waals surface area contributed by atoms with Crippen molar-refractivity contribution in [1.82, 2.24) is 9.88 Å². The summed E-state index contributed by atoms with van der Waals surface area (Å²) in [5, 5.41) is 8.86. The molecule has 128 valence electrons. The van der Waals surface area contributed by atoms with Gasteiger partial charge in [0, 0.05) is 31.3 Å². The van der Waals surface area contributed by atoms with Gasteiger partial charge in [0.25, 0.3) is 5.91 Å². The fraction of sp³-hybridized carbons (Fsp3) is 0.632. The van der Waals surface area contributed by atoms with Gasteiger partial charge in [-0.2, -0.15) is 5.26 Å². The minimum Gasteiger partial charge on any atom is -0.378 e. The summed E-state index contributed by atoms with van der Waals surface area (Å²) in [6, 6.07) is 5.54. The molecule has 1 amide bonds. The molecule has 2 fully saturated rings. The van der Waals surface area contributed by atoms with Crippen molar-refractivity contribution in [2.75, 3.05) is 13.7 Å². The summed E-state index contributed by atoms with van der Waals surface area (Å²) in [4.78, 5) is 18.8. The number of rotatable bonds is 4. The van der Waals surface area contributed by atoms with E-state index in [9.17, 15) is 4.79 Å². The molecule has 2 aliphatic carbocycles. The molecule has 0 unspecified atom stereocenters. The first-order chi connectivity index (χ1) is 11.6. The van der Waals surface area contributed by atoms with Crippen LogP contribution in [0, 0.1) is 16.7 Å². The smallest absolute Gasteiger partial charge is 0.272 e. The number of carbonyl (C=O) groups excluding carboxylic acids is 1. The van der Waals surface area contributed by atoms with Crippen LogP contribution in [-0.2, 0) is 4.74 Å². The SMILES string of the molecule is CCO[C@H]1C[C@H](N(C)C(=O)c2ccc(C#N)cn2)C12CCCCC2. The van der Waals surface area contributed by atoms with E-state index < -0.39 is 0 Å². The van der Waals surface area contributed by atoms with Gasteiger partial charge in [0.15, 0.2) is 0 Å². The molecule has 1 aromatic heterocycles. The molecular formula is C19H25N3O2. The molecule has 5 heteroatoms. The topological polar surface area (TPSA) is 66.2 Å². The largest absolute Gasteiger partial charge is 0.378 e. The third-order valence-corrected chi connectivity index (χ3v) is 5.79. The van der Waals surface area contributed by atoms with Crippen LogP contribution in [0.2, 0.25) is 0 Å². The van der Waals surface area contributed by atoms with Gasteiger partial charge in [-0.3, -0.25) is 4.79 Å². The van der Waals surface area contributed by atoms with Gasteiger partial charge in [-0.15, -0.1) is 0 Å². The van der Waals surface area contributed by atoms with E-state index in [0.29, 0.717) is 11.3 Å². The molecule has 0 N–H and O–H groups in total. The van der Waals surface area contributed by atoms with E-state index in [2.05, 4.69) is 4.98 Å².